The fraction of sp³-hybridized carbons (Fsp3) is 0.375. The van der Waals surface area contributed by atoms with Crippen LogP contribution < -0.4 is 10.2 Å². The predicted octanol–water partition coefficient (Wildman–Crippen LogP) is 2.27. The highest BCUT2D eigenvalue weighted by Crippen LogP contribution is 2.28. The first kappa shape index (κ1) is 17.8. The van der Waals surface area contributed by atoms with Crippen molar-refractivity contribution in [2.45, 2.75) is 10.8 Å². The highest BCUT2D eigenvalue weighted by Gasteiger charge is 2.35. The summed E-state index contributed by atoms with van der Waals surface area (Å²) >= 11 is 2.85. The number of carbonyl (C=O) groups is 2. The Bertz CT molecular complexity index is 738. The Labute approximate surface area is 153 Å². The van der Waals surface area contributed by atoms with Crippen LogP contribution in [0.2, 0.25) is 0 Å². The van der Waals surface area contributed by atoms with Gasteiger partial charge in [-0.15, -0.1) is 10.2 Å². The molecular weight excluding hydrogens is 360 g/mol. The molecule has 7 nitrogen and oxygen atoms in total. The molecule has 1 fully saturated rings. The number of benzene rings is 1. The maximum absolute atomic E-state index is 12.4. The largest absolute Gasteiger partial charge is 0.384 e. The number of para-hydroxylation sites is 1. The van der Waals surface area contributed by atoms with Crippen LogP contribution in [0.25, 0.3) is 0 Å². The van der Waals surface area contributed by atoms with Crippen molar-refractivity contribution in [3.8, 4) is 0 Å². The average molecular weight is 378 g/mol. The van der Waals surface area contributed by atoms with E-state index in [1.165, 1.54) is 23.1 Å². The van der Waals surface area contributed by atoms with E-state index >= 15 is 0 Å². The van der Waals surface area contributed by atoms with Crippen LogP contribution in [0.4, 0.5) is 10.8 Å². The van der Waals surface area contributed by atoms with Gasteiger partial charge in [-0.1, -0.05) is 41.3 Å². The number of hydrogen-bond donors (Lipinski definition) is 1. The monoisotopic (exact) mass is 378 g/mol. The summed E-state index contributed by atoms with van der Waals surface area (Å²) in [4.78, 5) is 26.3. The van der Waals surface area contributed by atoms with Gasteiger partial charge in [-0.3, -0.25) is 9.59 Å². The number of thioether (sulfide) groups is 1. The molecule has 0 radical (unpaired) electrons. The molecule has 2 heterocycles. The van der Waals surface area contributed by atoms with Crippen LogP contribution in [0.15, 0.2) is 34.7 Å². The van der Waals surface area contributed by atoms with E-state index < -0.39 is 0 Å². The van der Waals surface area contributed by atoms with Gasteiger partial charge in [0.15, 0.2) is 4.34 Å². The van der Waals surface area contributed by atoms with Crippen LogP contribution >= 0.6 is 23.1 Å². The Morgan fingerprint density at radius 3 is 2.96 bits per heavy atom. The number of carbonyl (C=O) groups excluding carboxylic acids is 2. The molecular formula is C16H18N4O3S2. The second-order valence-electron chi connectivity index (χ2n) is 5.44. The molecule has 0 bridgehead atoms. The van der Waals surface area contributed by atoms with Crippen molar-refractivity contribution in [3.05, 3.63) is 30.3 Å². The molecule has 1 atom stereocenters. The maximum atomic E-state index is 12.4. The predicted molar refractivity (Wildman–Crippen MR) is 98.0 cm³/mol. The van der Waals surface area contributed by atoms with E-state index in [9.17, 15) is 9.59 Å². The van der Waals surface area contributed by atoms with Crippen LogP contribution in [-0.2, 0) is 14.3 Å². The zero-order valence-electron chi connectivity index (χ0n) is 13.7. The Morgan fingerprint density at radius 1 is 1.40 bits per heavy atom. The third kappa shape index (κ3) is 4.56. The molecule has 0 aliphatic carbocycles. The minimum absolute atomic E-state index is 0.0422. The van der Waals surface area contributed by atoms with Gasteiger partial charge in [-0.25, -0.2) is 0 Å². The summed E-state index contributed by atoms with van der Waals surface area (Å²) in [6.07, 6.45) is 0.203. The van der Waals surface area contributed by atoms with Crippen LogP contribution in [0.3, 0.4) is 0 Å². The number of anilines is 2. The topological polar surface area (TPSA) is 84.4 Å². The lowest BCUT2D eigenvalue weighted by Gasteiger charge is -2.16. The van der Waals surface area contributed by atoms with Gasteiger partial charge in [-0.2, -0.15) is 0 Å². The number of methoxy groups -OCH3 is 1. The summed E-state index contributed by atoms with van der Waals surface area (Å²) in [5, 5.41) is 11.2. The first-order valence-corrected chi connectivity index (χ1v) is 9.59. The highest BCUT2D eigenvalue weighted by molar-refractivity contribution is 8.01. The molecule has 2 amide bonds. The molecule has 1 aromatic carbocycles. The molecule has 25 heavy (non-hydrogen) atoms. The third-order valence-corrected chi connectivity index (χ3v) is 5.65. The molecule has 132 valence electrons. The molecule has 1 aromatic heterocycles. The lowest BCUT2D eigenvalue weighted by atomic mass is 10.1. The van der Waals surface area contributed by atoms with Crippen LogP contribution in [-0.4, -0.2) is 48.0 Å². The molecule has 1 N–H and O–H groups in total. The van der Waals surface area contributed by atoms with E-state index in [1.807, 2.05) is 30.3 Å². The summed E-state index contributed by atoms with van der Waals surface area (Å²) < 4.78 is 5.77. The van der Waals surface area contributed by atoms with Gasteiger partial charge in [0.25, 0.3) is 0 Å². The highest BCUT2D eigenvalue weighted by atomic mass is 32.2. The van der Waals surface area contributed by atoms with E-state index in [0.29, 0.717) is 18.3 Å². The van der Waals surface area contributed by atoms with Crippen LogP contribution in [0.5, 0.6) is 0 Å². The van der Waals surface area contributed by atoms with Gasteiger partial charge in [0.1, 0.15) is 0 Å². The van der Waals surface area contributed by atoms with Crippen molar-refractivity contribution in [3.63, 3.8) is 0 Å². The van der Waals surface area contributed by atoms with Crippen molar-refractivity contribution in [1.82, 2.24) is 10.2 Å². The zero-order valence-corrected chi connectivity index (χ0v) is 15.3. The Morgan fingerprint density at radius 2 is 2.20 bits per heavy atom. The van der Waals surface area contributed by atoms with Crippen LogP contribution in [0, 0.1) is 5.92 Å². The molecule has 1 saturated heterocycles. The number of ether oxygens (including phenoxy) is 1. The molecule has 9 heteroatoms. The third-order valence-electron chi connectivity index (χ3n) is 3.71. The van der Waals surface area contributed by atoms with Crippen molar-refractivity contribution >= 4 is 45.7 Å². The quantitative estimate of drug-likeness (QED) is 0.452. The fourth-order valence-electron chi connectivity index (χ4n) is 2.48. The number of nitrogens with zero attached hydrogens (tertiary/aromatic N) is 3. The lowest BCUT2D eigenvalue weighted by Crippen LogP contribution is -2.28. The SMILES string of the molecule is COCCSc1nnc(NC(=O)[C@H]2CC(=O)N(c3ccccc3)C2)s1. The van der Waals surface area contributed by atoms with Crippen molar-refractivity contribution in [2.24, 2.45) is 5.92 Å². The maximum Gasteiger partial charge on any atom is 0.231 e. The van der Waals surface area contributed by atoms with Crippen LogP contribution in [0.1, 0.15) is 6.42 Å². The molecule has 0 unspecified atom stereocenters. The summed E-state index contributed by atoms with van der Waals surface area (Å²) in [6, 6.07) is 9.38. The van der Waals surface area contributed by atoms with Crippen molar-refractivity contribution in [2.75, 3.05) is 36.2 Å². The number of amides is 2. The number of rotatable bonds is 7. The molecule has 2 aromatic rings. The minimum atomic E-state index is -0.388. The summed E-state index contributed by atoms with van der Waals surface area (Å²) in [5.74, 6) is 0.152. The Hall–Kier alpha value is -1.97. The van der Waals surface area contributed by atoms with Gasteiger partial charge >= 0.3 is 0 Å². The standard InChI is InChI=1S/C16H18N4O3S2/c1-23-7-8-24-16-19-18-15(25-16)17-14(22)11-9-13(21)20(10-11)12-5-3-2-4-6-12/h2-6,11H,7-10H2,1H3,(H,17,18,22)/t11-/m0/s1. The summed E-state index contributed by atoms with van der Waals surface area (Å²) in [6.45, 7) is 1.01. The molecule has 0 spiro atoms. The van der Waals surface area contributed by atoms with Crippen molar-refractivity contribution < 1.29 is 14.3 Å². The molecule has 1 aliphatic rings. The normalized spacial score (nSPS) is 17.1. The van der Waals surface area contributed by atoms with E-state index in [1.54, 1.807) is 12.0 Å². The van der Waals surface area contributed by atoms with E-state index in [2.05, 4.69) is 15.5 Å². The molecule has 3 rings (SSSR count). The summed E-state index contributed by atoms with van der Waals surface area (Å²) in [7, 11) is 1.65. The average Bonchev–Trinajstić information content (AvgIpc) is 3.22. The minimum Gasteiger partial charge on any atom is -0.384 e. The van der Waals surface area contributed by atoms with Gasteiger partial charge in [-0.05, 0) is 12.1 Å². The number of hydrogen-bond acceptors (Lipinski definition) is 7. The number of aromatic nitrogens is 2. The van der Waals surface area contributed by atoms with Crippen molar-refractivity contribution in [1.29, 1.82) is 0 Å². The first-order chi connectivity index (χ1) is 12.2. The van der Waals surface area contributed by atoms with Gasteiger partial charge in [0.2, 0.25) is 16.9 Å². The second-order valence-corrected chi connectivity index (χ2v) is 7.76. The van der Waals surface area contributed by atoms with Gasteiger partial charge < -0.3 is 15.0 Å². The van der Waals surface area contributed by atoms with E-state index in [-0.39, 0.29) is 24.2 Å². The Balaban J connectivity index is 1.56. The number of nitrogens with one attached hydrogen (secondary N) is 1. The molecule has 0 saturated carbocycles. The zero-order chi connectivity index (χ0) is 17.6. The fourth-order valence-corrected chi connectivity index (χ4v) is 4.21. The second kappa shape index (κ2) is 8.41. The van der Waals surface area contributed by atoms with E-state index in [0.717, 1.165) is 15.8 Å². The first-order valence-electron chi connectivity index (χ1n) is 7.79. The molecule has 1 aliphatic heterocycles. The lowest BCUT2D eigenvalue weighted by molar-refractivity contribution is -0.122. The Kier molecular flexibility index (Phi) is 6.00. The van der Waals surface area contributed by atoms with Gasteiger partial charge in [0, 0.05) is 31.5 Å². The van der Waals surface area contributed by atoms with E-state index in [4.69, 9.17) is 4.74 Å². The van der Waals surface area contributed by atoms with Gasteiger partial charge in [0.05, 0.1) is 12.5 Å². The summed E-state index contributed by atoms with van der Waals surface area (Å²) in [5.41, 5.74) is 0.815. The smallest absolute Gasteiger partial charge is 0.231 e.